The van der Waals surface area contributed by atoms with E-state index < -0.39 is 0 Å². The third-order valence-corrected chi connectivity index (χ3v) is 2.13. The van der Waals surface area contributed by atoms with E-state index in [1.165, 1.54) is 6.33 Å². The van der Waals surface area contributed by atoms with Crippen molar-refractivity contribution < 1.29 is 0 Å². The van der Waals surface area contributed by atoms with Crippen LogP contribution in [0, 0.1) is 0 Å². The number of aromatic amines is 1. The van der Waals surface area contributed by atoms with Gasteiger partial charge in [-0.2, -0.15) is 15.1 Å². The fourth-order valence-electron chi connectivity index (χ4n) is 1.41. The van der Waals surface area contributed by atoms with Crippen LogP contribution in [0.2, 0.25) is 0 Å². The molecule has 0 aliphatic rings. The molecule has 0 saturated heterocycles. The summed E-state index contributed by atoms with van der Waals surface area (Å²) in [6.07, 6.45) is 4.59. The van der Waals surface area contributed by atoms with E-state index >= 15 is 0 Å². The molecule has 0 bridgehead atoms. The maximum atomic E-state index is 4.30. The van der Waals surface area contributed by atoms with Gasteiger partial charge in [0.15, 0.2) is 11.5 Å². The quantitative estimate of drug-likeness (QED) is 0.624. The Labute approximate surface area is 89.8 Å². The van der Waals surface area contributed by atoms with Crippen molar-refractivity contribution in [2.75, 3.05) is 12.4 Å². The number of hydrogen-bond acceptors (Lipinski definition) is 6. The molecule has 3 heterocycles. The van der Waals surface area contributed by atoms with Gasteiger partial charge in [0.2, 0.25) is 5.95 Å². The summed E-state index contributed by atoms with van der Waals surface area (Å²) in [5.41, 5.74) is 1.31. The van der Waals surface area contributed by atoms with Gasteiger partial charge >= 0.3 is 0 Å². The number of nitrogens with one attached hydrogen (secondary N) is 2. The van der Waals surface area contributed by atoms with Gasteiger partial charge in [-0.25, -0.2) is 14.6 Å². The average molecular weight is 216 g/mol. The molecule has 0 atom stereocenters. The Kier molecular flexibility index (Phi) is 1.79. The summed E-state index contributed by atoms with van der Waals surface area (Å²) in [4.78, 5) is 19.4. The van der Waals surface area contributed by atoms with Crippen LogP contribution in [-0.4, -0.2) is 41.7 Å². The second kappa shape index (κ2) is 3.26. The lowest BCUT2D eigenvalue weighted by atomic mass is 10.5. The number of fused-ring (bicyclic) bond motifs is 1. The first-order chi connectivity index (χ1) is 7.88. The van der Waals surface area contributed by atoms with Crippen LogP contribution in [0.4, 0.5) is 5.95 Å². The van der Waals surface area contributed by atoms with Crippen LogP contribution >= 0.6 is 0 Å². The minimum Gasteiger partial charge on any atom is -0.357 e. The molecular formula is C8H8N8. The topological polar surface area (TPSA) is 97.2 Å². The van der Waals surface area contributed by atoms with Crippen LogP contribution in [0.5, 0.6) is 0 Å². The molecule has 8 nitrogen and oxygen atoms in total. The van der Waals surface area contributed by atoms with Crippen LogP contribution in [0.3, 0.4) is 0 Å². The lowest BCUT2D eigenvalue weighted by Gasteiger charge is -2.03. The zero-order chi connectivity index (χ0) is 11.0. The SMILES string of the molecule is CNc1nc(-n2cncn2)c2[nH]cnc2n1. The first kappa shape index (κ1) is 8.77. The molecule has 0 amide bonds. The van der Waals surface area contributed by atoms with Crippen molar-refractivity contribution in [3.63, 3.8) is 0 Å². The highest BCUT2D eigenvalue weighted by Gasteiger charge is 2.11. The largest absolute Gasteiger partial charge is 0.357 e. The van der Waals surface area contributed by atoms with Gasteiger partial charge in [0.25, 0.3) is 0 Å². The van der Waals surface area contributed by atoms with E-state index in [4.69, 9.17) is 0 Å². The zero-order valence-corrected chi connectivity index (χ0v) is 8.42. The summed E-state index contributed by atoms with van der Waals surface area (Å²) in [5, 5.41) is 6.90. The predicted octanol–water partition coefficient (Wildman–Crippen LogP) is -0.0247. The van der Waals surface area contributed by atoms with Gasteiger partial charge in [-0.15, -0.1) is 0 Å². The molecule has 0 aromatic carbocycles. The first-order valence-corrected chi connectivity index (χ1v) is 4.62. The van der Waals surface area contributed by atoms with E-state index in [2.05, 4.69) is 35.3 Å². The van der Waals surface area contributed by atoms with Gasteiger partial charge in [-0.3, -0.25) is 0 Å². The Hall–Kier alpha value is -2.51. The molecular weight excluding hydrogens is 208 g/mol. The molecule has 16 heavy (non-hydrogen) atoms. The number of rotatable bonds is 2. The van der Waals surface area contributed by atoms with Crippen molar-refractivity contribution in [3.8, 4) is 5.82 Å². The molecule has 0 aliphatic carbocycles. The minimum absolute atomic E-state index is 0.491. The average Bonchev–Trinajstić information content (AvgIpc) is 2.98. The fourth-order valence-corrected chi connectivity index (χ4v) is 1.41. The number of aromatic nitrogens is 7. The zero-order valence-electron chi connectivity index (χ0n) is 8.42. The fraction of sp³-hybridized carbons (Fsp3) is 0.125. The van der Waals surface area contributed by atoms with Gasteiger partial charge in [-0.05, 0) is 0 Å². The summed E-state index contributed by atoms with van der Waals surface area (Å²) in [7, 11) is 1.75. The Morgan fingerprint density at radius 2 is 2.31 bits per heavy atom. The van der Waals surface area contributed by atoms with Gasteiger partial charge in [-0.1, -0.05) is 0 Å². The van der Waals surface area contributed by atoms with Gasteiger partial charge in [0.1, 0.15) is 18.2 Å². The van der Waals surface area contributed by atoms with Crippen LogP contribution in [0.1, 0.15) is 0 Å². The third kappa shape index (κ3) is 1.20. The molecule has 3 aromatic rings. The van der Waals surface area contributed by atoms with E-state index in [1.54, 1.807) is 24.4 Å². The normalized spacial score (nSPS) is 10.8. The number of H-pyrrole nitrogens is 1. The molecule has 0 aliphatic heterocycles. The molecule has 0 fully saturated rings. The van der Waals surface area contributed by atoms with Crippen molar-refractivity contribution in [3.05, 3.63) is 19.0 Å². The minimum atomic E-state index is 0.491. The van der Waals surface area contributed by atoms with Crippen LogP contribution in [0.15, 0.2) is 19.0 Å². The van der Waals surface area contributed by atoms with Crippen LogP contribution < -0.4 is 5.32 Å². The van der Waals surface area contributed by atoms with E-state index in [9.17, 15) is 0 Å². The van der Waals surface area contributed by atoms with E-state index in [1.807, 2.05) is 0 Å². The number of nitrogens with zero attached hydrogens (tertiary/aromatic N) is 6. The van der Waals surface area contributed by atoms with Crippen molar-refractivity contribution in [1.29, 1.82) is 0 Å². The highest BCUT2D eigenvalue weighted by molar-refractivity contribution is 5.79. The summed E-state index contributed by atoms with van der Waals surface area (Å²) >= 11 is 0. The molecule has 3 aromatic heterocycles. The Morgan fingerprint density at radius 1 is 1.38 bits per heavy atom. The Balaban J connectivity index is 2.33. The predicted molar refractivity (Wildman–Crippen MR) is 56.1 cm³/mol. The van der Waals surface area contributed by atoms with Crippen molar-refractivity contribution in [2.45, 2.75) is 0 Å². The maximum Gasteiger partial charge on any atom is 0.226 e. The Morgan fingerprint density at radius 3 is 3.06 bits per heavy atom. The summed E-state index contributed by atoms with van der Waals surface area (Å²) < 4.78 is 1.56. The monoisotopic (exact) mass is 216 g/mol. The van der Waals surface area contributed by atoms with Crippen LogP contribution in [0.25, 0.3) is 17.0 Å². The van der Waals surface area contributed by atoms with Crippen molar-refractivity contribution in [1.82, 2.24) is 34.7 Å². The summed E-state index contributed by atoms with van der Waals surface area (Å²) in [5.74, 6) is 1.11. The van der Waals surface area contributed by atoms with Crippen LogP contribution in [-0.2, 0) is 0 Å². The third-order valence-electron chi connectivity index (χ3n) is 2.13. The van der Waals surface area contributed by atoms with Crippen molar-refractivity contribution >= 4 is 17.1 Å². The second-order valence-corrected chi connectivity index (χ2v) is 3.06. The molecule has 0 unspecified atom stereocenters. The van der Waals surface area contributed by atoms with Crippen molar-refractivity contribution in [2.24, 2.45) is 0 Å². The smallest absolute Gasteiger partial charge is 0.226 e. The van der Waals surface area contributed by atoms with E-state index in [0.717, 1.165) is 5.52 Å². The van der Waals surface area contributed by atoms with E-state index in [-0.39, 0.29) is 0 Å². The standard InChI is InChI=1S/C8H8N8/c1-9-8-14-6-5(11-3-12-6)7(15-8)16-4-10-2-13-16/h2-4H,1H3,(H2,9,11,12,14,15). The molecule has 0 saturated carbocycles. The molecule has 2 N–H and O–H groups in total. The molecule has 8 heteroatoms. The highest BCUT2D eigenvalue weighted by atomic mass is 15.4. The molecule has 80 valence electrons. The number of anilines is 1. The van der Waals surface area contributed by atoms with E-state index in [0.29, 0.717) is 17.4 Å². The molecule has 0 radical (unpaired) electrons. The first-order valence-electron chi connectivity index (χ1n) is 4.62. The van der Waals surface area contributed by atoms with Gasteiger partial charge in [0.05, 0.1) is 6.33 Å². The lowest BCUT2D eigenvalue weighted by molar-refractivity contribution is 0.848. The Bertz CT molecular complexity index is 610. The molecule has 0 spiro atoms. The lowest BCUT2D eigenvalue weighted by Crippen LogP contribution is -2.04. The highest BCUT2D eigenvalue weighted by Crippen LogP contribution is 2.16. The number of hydrogen-bond donors (Lipinski definition) is 2. The summed E-state index contributed by atoms with van der Waals surface area (Å²) in [6.45, 7) is 0. The number of imidazole rings is 1. The van der Waals surface area contributed by atoms with Gasteiger partial charge in [0, 0.05) is 7.05 Å². The summed E-state index contributed by atoms with van der Waals surface area (Å²) in [6, 6.07) is 0. The molecule has 3 rings (SSSR count). The maximum absolute atomic E-state index is 4.30. The second-order valence-electron chi connectivity index (χ2n) is 3.06. The van der Waals surface area contributed by atoms with Gasteiger partial charge < -0.3 is 10.3 Å².